The van der Waals surface area contributed by atoms with Gasteiger partial charge in [0.15, 0.2) is 0 Å². The van der Waals surface area contributed by atoms with E-state index in [9.17, 15) is 0 Å². The minimum Gasteiger partial charge on any atom is -0.309 e. The second-order valence-corrected chi connectivity index (χ2v) is 5.27. The second kappa shape index (κ2) is 5.42. The van der Waals surface area contributed by atoms with Crippen molar-refractivity contribution in [2.75, 3.05) is 6.54 Å². The Morgan fingerprint density at radius 3 is 2.88 bits per heavy atom. The van der Waals surface area contributed by atoms with Gasteiger partial charge in [-0.25, -0.2) is 4.98 Å². The second-order valence-electron chi connectivity index (χ2n) is 4.35. The molecule has 2 heterocycles. The molecule has 5 heteroatoms. The zero-order valence-corrected chi connectivity index (χ0v) is 11.2. The van der Waals surface area contributed by atoms with Gasteiger partial charge in [-0.3, -0.25) is 4.68 Å². The normalized spacial score (nSPS) is 14.8. The van der Waals surface area contributed by atoms with Gasteiger partial charge in [-0.15, -0.1) is 11.3 Å². The molecule has 0 aliphatic heterocycles. The van der Waals surface area contributed by atoms with Gasteiger partial charge >= 0.3 is 0 Å². The summed E-state index contributed by atoms with van der Waals surface area (Å²) in [6, 6.07) is 0.325. The first-order valence-electron chi connectivity index (χ1n) is 5.78. The highest BCUT2D eigenvalue weighted by molar-refractivity contribution is 7.09. The molecule has 0 aliphatic rings. The van der Waals surface area contributed by atoms with Gasteiger partial charge in [0.2, 0.25) is 0 Å². The molecule has 2 aromatic heterocycles. The van der Waals surface area contributed by atoms with E-state index in [1.807, 2.05) is 35.7 Å². The lowest BCUT2D eigenvalue weighted by molar-refractivity contribution is 0.536. The van der Waals surface area contributed by atoms with Crippen LogP contribution in [-0.4, -0.2) is 21.3 Å². The largest absolute Gasteiger partial charge is 0.309 e. The average molecular weight is 250 g/mol. The van der Waals surface area contributed by atoms with Crippen molar-refractivity contribution in [1.82, 2.24) is 20.1 Å². The number of rotatable bonds is 5. The molecule has 1 N–H and O–H groups in total. The molecule has 0 radical (unpaired) electrons. The fourth-order valence-corrected chi connectivity index (χ4v) is 2.40. The number of thiazole rings is 1. The summed E-state index contributed by atoms with van der Waals surface area (Å²) in [5, 5.41) is 10.9. The molecule has 0 aromatic carbocycles. The van der Waals surface area contributed by atoms with Gasteiger partial charge in [-0.2, -0.15) is 5.10 Å². The van der Waals surface area contributed by atoms with Crippen molar-refractivity contribution in [2.45, 2.75) is 25.8 Å². The van der Waals surface area contributed by atoms with Crippen molar-refractivity contribution in [3.8, 4) is 0 Å². The van der Waals surface area contributed by atoms with Gasteiger partial charge in [-0.05, 0) is 6.92 Å². The van der Waals surface area contributed by atoms with Crippen molar-refractivity contribution in [3.63, 3.8) is 0 Å². The third-order valence-electron chi connectivity index (χ3n) is 2.83. The van der Waals surface area contributed by atoms with Gasteiger partial charge < -0.3 is 5.32 Å². The van der Waals surface area contributed by atoms with Crippen molar-refractivity contribution in [2.24, 2.45) is 7.05 Å². The lowest BCUT2D eigenvalue weighted by Gasteiger charge is -2.15. The standard InChI is InChI=1S/C12H18N4S/c1-9(12-13-4-5-17-12)6-14-10(2)11-7-15-16(3)8-11/h4-5,7-10,14H,6H2,1-3H3. The summed E-state index contributed by atoms with van der Waals surface area (Å²) < 4.78 is 1.83. The molecule has 0 spiro atoms. The van der Waals surface area contributed by atoms with Crippen molar-refractivity contribution >= 4 is 11.3 Å². The fraction of sp³-hybridized carbons (Fsp3) is 0.500. The zero-order valence-electron chi connectivity index (χ0n) is 10.4. The first kappa shape index (κ1) is 12.3. The molecule has 92 valence electrons. The molecular formula is C12H18N4S. The van der Waals surface area contributed by atoms with Gasteiger partial charge in [0.1, 0.15) is 0 Å². The SMILES string of the molecule is CC(CNC(C)c1cnn(C)c1)c1nccs1. The Hall–Kier alpha value is -1.20. The first-order chi connectivity index (χ1) is 8.16. The molecule has 2 rings (SSSR count). The number of nitrogens with zero attached hydrogens (tertiary/aromatic N) is 3. The number of hydrogen-bond donors (Lipinski definition) is 1. The quantitative estimate of drug-likeness (QED) is 0.885. The van der Waals surface area contributed by atoms with Gasteiger partial charge in [0.25, 0.3) is 0 Å². The summed E-state index contributed by atoms with van der Waals surface area (Å²) in [6.45, 7) is 5.29. The number of aromatic nitrogens is 3. The minimum absolute atomic E-state index is 0.325. The summed E-state index contributed by atoms with van der Waals surface area (Å²) >= 11 is 1.72. The maximum absolute atomic E-state index is 4.33. The van der Waals surface area contributed by atoms with E-state index >= 15 is 0 Å². The van der Waals surface area contributed by atoms with Crippen LogP contribution in [0, 0.1) is 0 Å². The van der Waals surface area contributed by atoms with E-state index in [0.717, 1.165) is 6.54 Å². The molecular weight excluding hydrogens is 232 g/mol. The van der Waals surface area contributed by atoms with Crippen molar-refractivity contribution in [3.05, 3.63) is 34.5 Å². The van der Waals surface area contributed by atoms with E-state index in [2.05, 4.69) is 29.2 Å². The maximum atomic E-state index is 4.33. The molecule has 0 saturated heterocycles. The Kier molecular flexibility index (Phi) is 3.91. The van der Waals surface area contributed by atoms with Crippen LogP contribution >= 0.6 is 11.3 Å². The van der Waals surface area contributed by atoms with Crippen LogP contribution in [-0.2, 0) is 7.05 Å². The molecule has 2 aromatic rings. The van der Waals surface area contributed by atoms with Crippen LogP contribution in [0.2, 0.25) is 0 Å². The van der Waals surface area contributed by atoms with Crippen LogP contribution in [0.15, 0.2) is 24.0 Å². The van der Waals surface area contributed by atoms with E-state index in [1.165, 1.54) is 10.6 Å². The van der Waals surface area contributed by atoms with E-state index < -0.39 is 0 Å². The van der Waals surface area contributed by atoms with E-state index in [0.29, 0.717) is 12.0 Å². The van der Waals surface area contributed by atoms with E-state index in [4.69, 9.17) is 0 Å². The Morgan fingerprint density at radius 2 is 2.29 bits per heavy atom. The predicted molar refractivity (Wildman–Crippen MR) is 70.2 cm³/mol. The van der Waals surface area contributed by atoms with Crippen molar-refractivity contribution in [1.29, 1.82) is 0 Å². The van der Waals surface area contributed by atoms with Gasteiger partial charge in [-0.1, -0.05) is 6.92 Å². The molecule has 2 atom stereocenters. The highest BCUT2D eigenvalue weighted by Gasteiger charge is 2.11. The Balaban J connectivity index is 1.86. The lowest BCUT2D eigenvalue weighted by atomic mass is 10.1. The first-order valence-corrected chi connectivity index (χ1v) is 6.66. The fourth-order valence-electron chi connectivity index (χ4n) is 1.70. The van der Waals surface area contributed by atoms with Crippen LogP contribution in [0.4, 0.5) is 0 Å². The number of hydrogen-bond acceptors (Lipinski definition) is 4. The van der Waals surface area contributed by atoms with E-state index in [-0.39, 0.29) is 0 Å². The summed E-state index contributed by atoms with van der Waals surface area (Å²) in [7, 11) is 1.94. The Morgan fingerprint density at radius 1 is 1.47 bits per heavy atom. The Labute approximate surface area is 106 Å². The molecule has 17 heavy (non-hydrogen) atoms. The molecule has 0 aliphatic carbocycles. The number of nitrogens with one attached hydrogen (secondary N) is 1. The van der Waals surface area contributed by atoms with E-state index in [1.54, 1.807) is 11.3 Å². The maximum Gasteiger partial charge on any atom is 0.0965 e. The molecule has 2 unspecified atom stereocenters. The smallest absolute Gasteiger partial charge is 0.0965 e. The monoisotopic (exact) mass is 250 g/mol. The van der Waals surface area contributed by atoms with Crippen LogP contribution in [0.5, 0.6) is 0 Å². The predicted octanol–water partition coefficient (Wildman–Crippen LogP) is 2.33. The molecule has 0 amide bonds. The summed E-state index contributed by atoms with van der Waals surface area (Å²) in [6.07, 6.45) is 5.82. The molecule has 0 fully saturated rings. The van der Waals surface area contributed by atoms with Crippen LogP contribution in [0.25, 0.3) is 0 Å². The zero-order chi connectivity index (χ0) is 12.3. The highest BCUT2D eigenvalue weighted by Crippen LogP contribution is 2.18. The average Bonchev–Trinajstić information content (AvgIpc) is 2.95. The molecule has 0 bridgehead atoms. The lowest BCUT2D eigenvalue weighted by Crippen LogP contribution is -2.23. The van der Waals surface area contributed by atoms with Crippen LogP contribution in [0.1, 0.15) is 36.4 Å². The van der Waals surface area contributed by atoms with Crippen LogP contribution < -0.4 is 5.32 Å². The summed E-state index contributed by atoms with van der Waals surface area (Å²) in [5.41, 5.74) is 1.22. The third-order valence-corrected chi connectivity index (χ3v) is 3.84. The van der Waals surface area contributed by atoms with Crippen molar-refractivity contribution < 1.29 is 0 Å². The number of aryl methyl sites for hydroxylation is 1. The molecule has 0 saturated carbocycles. The van der Waals surface area contributed by atoms with Crippen LogP contribution in [0.3, 0.4) is 0 Å². The third kappa shape index (κ3) is 3.14. The Bertz CT molecular complexity index is 449. The summed E-state index contributed by atoms with van der Waals surface area (Å²) in [5.74, 6) is 0.453. The minimum atomic E-state index is 0.325. The summed E-state index contributed by atoms with van der Waals surface area (Å²) in [4.78, 5) is 4.33. The van der Waals surface area contributed by atoms with Gasteiger partial charge in [0.05, 0.1) is 11.2 Å². The molecule has 4 nitrogen and oxygen atoms in total. The van der Waals surface area contributed by atoms with Gasteiger partial charge in [0, 0.05) is 48.9 Å². The highest BCUT2D eigenvalue weighted by atomic mass is 32.1. The topological polar surface area (TPSA) is 42.7 Å².